The van der Waals surface area contributed by atoms with E-state index in [1.54, 1.807) is 4.68 Å². The van der Waals surface area contributed by atoms with Gasteiger partial charge in [0, 0.05) is 15.7 Å². The van der Waals surface area contributed by atoms with Crippen molar-refractivity contribution >= 4 is 21.9 Å². The third kappa shape index (κ3) is 2.26. The summed E-state index contributed by atoms with van der Waals surface area (Å²) >= 11 is 3.52. The van der Waals surface area contributed by atoms with Gasteiger partial charge in [0.1, 0.15) is 0 Å². The zero-order valence-corrected chi connectivity index (χ0v) is 12.6. The van der Waals surface area contributed by atoms with Gasteiger partial charge in [-0.3, -0.25) is 0 Å². The predicted molar refractivity (Wildman–Crippen MR) is 79.5 cm³/mol. The van der Waals surface area contributed by atoms with E-state index >= 15 is 0 Å². The van der Waals surface area contributed by atoms with Crippen LogP contribution >= 0.6 is 15.9 Å². The summed E-state index contributed by atoms with van der Waals surface area (Å²) in [5, 5.41) is 13.7. The van der Waals surface area contributed by atoms with Gasteiger partial charge in [-0.05, 0) is 53.7 Å². The lowest BCUT2D eigenvalue weighted by atomic mass is 10.1. The molecule has 20 heavy (non-hydrogen) atoms. The van der Waals surface area contributed by atoms with Crippen molar-refractivity contribution in [3.63, 3.8) is 0 Å². The van der Waals surface area contributed by atoms with E-state index in [2.05, 4.69) is 21.0 Å². The van der Waals surface area contributed by atoms with Crippen molar-refractivity contribution in [2.45, 2.75) is 32.1 Å². The molecule has 1 aliphatic carbocycles. The molecule has 0 saturated carbocycles. The van der Waals surface area contributed by atoms with Gasteiger partial charge in [-0.15, -0.1) is 0 Å². The van der Waals surface area contributed by atoms with Gasteiger partial charge in [-0.25, -0.2) is 9.48 Å². The first-order valence-electron chi connectivity index (χ1n) is 6.77. The van der Waals surface area contributed by atoms with E-state index in [4.69, 9.17) is 0 Å². The van der Waals surface area contributed by atoms with Crippen molar-refractivity contribution in [3.8, 4) is 5.69 Å². The maximum Gasteiger partial charge on any atom is 0.356 e. The molecule has 0 radical (unpaired) electrons. The van der Waals surface area contributed by atoms with Crippen molar-refractivity contribution in [2.24, 2.45) is 0 Å². The third-order valence-corrected chi connectivity index (χ3v) is 4.38. The second-order valence-electron chi connectivity index (χ2n) is 5.00. The zero-order chi connectivity index (χ0) is 14.1. The minimum atomic E-state index is -0.936. The summed E-state index contributed by atoms with van der Waals surface area (Å²) in [6.07, 6.45) is 4.96. The van der Waals surface area contributed by atoms with Crippen LogP contribution in [-0.4, -0.2) is 20.9 Å². The Bertz CT molecular complexity index is 664. The molecule has 104 valence electrons. The minimum absolute atomic E-state index is 0.206. The van der Waals surface area contributed by atoms with Crippen LogP contribution in [0.5, 0.6) is 0 Å². The highest BCUT2D eigenvalue weighted by Crippen LogP contribution is 2.29. The summed E-state index contributed by atoms with van der Waals surface area (Å²) in [4.78, 5) is 11.4. The fourth-order valence-corrected chi connectivity index (χ4v) is 3.22. The van der Waals surface area contributed by atoms with Crippen molar-refractivity contribution in [1.82, 2.24) is 9.78 Å². The first-order chi connectivity index (χ1) is 9.68. The molecule has 0 atom stereocenters. The molecule has 5 heteroatoms. The molecule has 1 aliphatic rings. The van der Waals surface area contributed by atoms with E-state index < -0.39 is 5.97 Å². The number of carboxylic acids is 1. The van der Waals surface area contributed by atoms with Gasteiger partial charge in [0.05, 0.1) is 5.69 Å². The lowest BCUT2D eigenvalue weighted by Gasteiger charge is -2.09. The van der Waals surface area contributed by atoms with Gasteiger partial charge >= 0.3 is 5.97 Å². The summed E-state index contributed by atoms with van der Waals surface area (Å²) in [5.41, 5.74) is 3.06. The maximum atomic E-state index is 11.4. The molecule has 1 aromatic carbocycles. The van der Waals surface area contributed by atoms with E-state index in [0.29, 0.717) is 0 Å². The van der Waals surface area contributed by atoms with Crippen LogP contribution in [0.4, 0.5) is 0 Å². The van der Waals surface area contributed by atoms with E-state index in [9.17, 15) is 9.90 Å². The van der Waals surface area contributed by atoms with Crippen molar-refractivity contribution < 1.29 is 9.90 Å². The van der Waals surface area contributed by atoms with Crippen molar-refractivity contribution in [2.75, 3.05) is 0 Å². The highest BCUT2D eigenvalue weighted by molar-refractivity contribution is 9.10. The van der Waals surface area contributed by atoms with Crippen molar-refractivity contribution in [1.29, 1.82) is 0 Å². The Kier molecular flexibility index (Phi) is 3.61. The number of benzene rings is 1. The number of fused-ring (bicyclic) bond motifs is 1. The average Bonchev–Trinajstić information content (AvgIpc) is 2.63. The Hall–Kier alpha value is -1.62. The summed E-state index contributed by atoms with van der Waals surface area (Å²) < 4.78 is 2.72. The second kappa shape index (κ2) is 5.40. The lowest BCUT2D eigenvalue weighted by Crippen LogP contribution is -2.04. The van der Waals surface area contributed by atoms with Crippen LogP contribution in [0.2, 0.25) is 0 Å². The first-order valence-corrected chi connectivity index (χ1v) is 7.56. The second-order valence-corrected chi connectivity index (χ2v) is 5.86. The van der Waals surface area contributed by atoms with E-state index in [1.807, 2.05) is 24.3 Å². The van der Waals surface area contributed by atoms with Crippen LogP contribution in [-0.2, 0) is 12.8 Å². The fourth-order valence-electron chi connectivity index (χ4n) is 2.77. The molecular formula is C15H15BrN2O2. The molecule has 0 amide bonds. The Morgan fingerprint density at radius 2 is 1.95 bits per heavy atom. The molecule has 3 rings (SSSR count). The molecular weight excluding hydrogens is 320 g/mol. The standard InChI is InChI=1S/C15H15BrN2O2/c16-11-7-4-5-9-13(11)18-12-8-3-1-2-6-10(12)14(17-18)15(19)20/h4-5,7,9H,1-3,6,8H2,(H,19,20). The first kappa shape index (κ1) is 13.4. The van der Waals surface area contributed by atoms with Crippen LogP contribution in [0.3, 0.4) is 0 Å². The number of rotatable bonds is 2. The van der Waals surface area contributed by atoms with Crippen LogP contribution in [0, 0.1) is 0 Å². The van der Waals surface area contributed by atoms with Gasteiger partial charge in [0.25, 0.3) is 0 Å². The number of para-hydroxylation sites is 1. The Balaban J connectivity index is 2.21. The number of aromatic carboxylic acids is 1. The molecule has 2 aromatic rings. The van der Waals surface area contributed by atoms with Gasteiger partial charge in [-0.1, -0.05) is 18.6 Å². The topological polar surface area (TPSA) is 55.1 Å². The smallest absolute Gasteiger partial charge is 0.356 e. The summed E-state index contributed by atoms with van der Waals surface area (Å²) in [6, 6.07) is 7.77. The molecule has 0 bridgehead atoms. The molecule has 0 spiro atoms. The van der Waals surface area contributed by atoms with Crippen LogP contribution < -0.4 is 0 Å². The zero-order valence-electron chi connectivity index (χ0n) is 11.0. The van der Waals surface area contributed by atoms with E-state index in [1.165, 1.54) is 0 Å². The normalized spacial score (nSPS) is 14.7. The number of hydrogen-bond donors (Lipinski definition) is 1. The molecule has 1 aromatic heterocycles. The Morgan fingerprint density at radius 1 is 1.20 bits per heavy atom. The van der Waals surface area contributed by atoms with Gasteiger partial charge in [-0.2, -0.15) is 5.10 Å². The van der Waals surface area contributed by atoms with Crippen LogP contribution in [0.1, 0.15) is 41.0 Å². The number of hydrogen-bond acceptors (Lipinski definition) is 2. The SMILES string of the molecule is O=C(O)c1nn(-c2ccccc2Br)c2c1CCCCC2. The van der Waals surface area contributed by atoms with Gasteiger partial charge in [0.2, 0.25) is 0 Å². The highest BCUT2D eigenvalue weighted by Gasteiger charge is 2.24. The van der Waals surface area contributed by atoms with Crippen molar-refractivity contribution in [3.05, 3.63) is 45.7 Å². The summed E-state index contributed by atoms with van der Waals surface area (Å²) in [6.45, 7) is 0. The largest absolute Gasteiger partial charge is 0.476 e. The predicted octanol–water partition coefficient (Wildman–Crippen LogP) is 3.60. The summed E-state index contributed by atoms with van der Waals surface area (Å²) in [5.74, 6) is -0.936. The van der Waals surface area contributed by atoms with Crippen LogP contribution in [0.15, 0.2) is 28.7 Å². The fraction of sp³-hybridized carbons (Fsp3) is 0.333. The maximum absolute atomic E-state index is 11.4. The number of nitrogens with zero attached hydrogens (tertiary/aromatic N) is 2. The average molecular weight is 335 g/mol. The highest BCUT2D eigenvalue weighted by atomic mass is 79.9. The monoisotopic (exact) mass is 334 g/mol. The number of carbonyl (C=O) groups is 1. The molecule has 4 nitrogen and oxygen atoms in total. The third-order valence-electron chi connectivity index (χ3n) is 3.71. The Labute approximate surface area is 125 Å². The minimum Gasteiger partial charge on any atom is -0.476 e. The lowest BCUT2D eigenvalue weighted by molar-refractivity contribution is 0.0688. The van der Waals surface area contributed by atoms with Gasteiger partial charge < -0.3 is 5.11 Å². The molecule has 0 unspecified atom stereocenters. The quantitative estimate of drug-likeness (QED) is 0.853. The molecule has 0 aliphatic heterocycles. The Morgan fingerprint density at radius 3 is 2.70 bits per heavy atom. The van der Waals surface area contributed by atoms with Gasteiger partial charge in [0.15, 0.2) is 5.69 Å². The van der Waals surface area contributed by atoms with E-state index in [-0.39, 0.29) is 5.69 Å². The molecule has 0 fully saturated rings. The number of carboxylic acid groups (broad SMARTS) is 1. The summed E-state index contributed by atoms with van der Waals surface area (Å²) in [7, 11) is 0. The van der Waals surface area contributed by atoms with Crippen LogP contribution in [0.25, 0.3) is 5.69 Å². The number of halogens is 1. The molecule has 0 saturated heterocycles. The number of aromatic nitrogens is 2. The molecule has 1 N–H and O–H groups in total. The van der Waals surface area contributed by atoms with E-state index in [0.717, 1.165) is 53.5 Å². The molecule has 1 heterocycles.